The molecule has 0 spiro atoms. The Balaban J connectivity index is 1.52. The molecule has 8 nitrogen and oxygen atoms in total. The van der Waals surface area contributed by atoms with Crippen LogP contribution in [0.15, 0.2) is 59.6 Å². The minimum atomic E-state index is -0.222. The van der Waals surface area contributed by atoms with E-state index in [1.807, 2.05) is 25.1 Å². The topological polar surface area (TPSA) is 98.1 Å². The van der Waals surface area contributed by atoms with Crippen LogP contribution in [0, 0.1) is 0 Å². The van der Waals surface area contributed by atoms with Crippen molar-refractivity contribution in [2.24, 2.45) is 0 Å². The van der Waals surface area contributed by atoms with E-state index in [1.165, 1.54) is 6.33 Å². The van der Waals surface area contributed by atoms with Crippen molar-refractivity contribution in [3.05, 3.63) is 65.2 Å². The predicted molar refractivity (Wildman–Crippen MR) is 117 cm³/mol. The van der Waals surface area contributed by atoms with E-state index >= 15 is 0 Å². The summed E-state index contributed by atoms with van der Waals surface area (Å²) in [7, 11) is 0. The summed E-state index contributed by atoms with van der Waals surface area (Å²) < 4.78 is 7.90. The van der Waals surface area contributed by atoms with Gasteiger partial charge in [-0.3, -0.25) is 9.59 Å². The van der Waals surface area contributed by atoms with Gasteiger partial charge in [-0.1, -0.05) is 28.1 Å². The maximum absolute atomic E-state index is 12.4. The number of nitrogens with zero attached hydrogens (tertiary/aromatic N) is 3. The first-order chi connectivity index (χ1) is 14.6. The van der Waals surface area contributed by atoms with Gasteiger partial charge in [-0.25, -0.2) is 9.67 Å². The number of anilines is 1. The van der Waals surface area contributed by atoms with Crippen LogP contribution in [0.4, 0.5) is 5.69 Å². The molecule has 3 aromatic rings. The van der Waals surface area contributed by atoms with Crippen molar-refractivity contribution in [1.82, 2.24) is 20.1 Å². The molecule has 0 bridgehead atoms. The molecule has 0 unspecified atom stereocenters. The monoisotopic (exact) mass is 471 g/mol. The Morgan fingerprint density at radius 3 is 2.80 bits per heavy atom. The molecule has 0 saturated carbocycles. The molecule has 3 rings (SSSR count). The Morgan fingerprint density at radius 2 is 2.03 bits per heavy atom. The molecule has 156 valence electrons. The highest BCUT2D eigenvalue weighted by molar-refractivity contribution is 9.10. The Kier molecular flexibility index (Phi) is 7.56. The highest BCUT2D eigenvalue weighted by atomic mass is 79.9. The Morgan fingerprint density at radius 1 is 1.20 bits per heavy atom. The molecule has 2 aromatic carbocycles. The molecule has 2 amide bonds. The van der Waals surface area contributed by atoms with Crippen LogP contribution in [0.5, 0.6) is 5.75 Å². The lowest BCUT2D eigenvalue weighted by Gasteiger charge is -2.12. The number of benzene rings is 2. The van der Waals surface area contributed by atoms with Crippen molar-refractivity contribution < 1.29 is 14.3 Å². The zero-order valence-corrected chi connectivity index (χ0v) is 18.1. The maximum Gasteiger partial charge on any atom is 0.255 e. The van der Waals surface area contributed by atoms with Crippen LogP contribution in [-0.2, 0) is 4.79 Å². The van der Waals surface area contributed by atoms with Gasteiger partial charge in [-0.2, -0.15) is 5.10 Å². The number of hydrogen-bond acceptors (Lipinski definition) is 5. The first-order valence-corrected chi connectivity index (χ1v) is 10.3. The summed E-state index contributed by atoms with van der Waals surface area (Å²) in [5, 5.41) is 9.84. The van der Waals surface area contributed by atoms with Crippen molar-refractivity contribution in [3.63, 3.8) is 0 Å². The van der Waals surface area contributed by atoms with E-state index < -0.39 is 0 Å². The van der Waals surface area contributed by atoms with Crippen LogP contribution in [-0.4, -0.2) is 39.7 Å². The standard InChI is InChI=1S/C21H22BrN5O3/c1-2-30-19-7-4-3-6-16(19)21(29)24-11-5-8-20(28)26-17-12-15(22)9-10-18(17)27-14-23-13-25-27/h3-4,6-7,9-10,12-14H,2,5,8,11H2,1H3,(H,24,29)(H,26,28). The minimum Gasteiger partial charge on any atom is -0.493 e. The molecule has 0 aliphatic heterocycles. The summed E-state index contributed by atoms with van der Waals surface area (Å²) in [6.07, 6.45) is 3.76. The van der Waals surface area contributed by atoms with Crippen molar-refractivity contribution in [2.45, 2.75) is 19.8 Å². The lowest BCUT2D eigenvalue weighted by atomic mass is 10.2. The van der Waals surface area contributed by atoms with Crippen LogP contribution >= 0.6 is 15.9 Å². The number of amides is 2. The number of carbonyl (C=O) groups excluding carboxylic acids is 2. The molecular formula is C21H22BrN5O3. The smallest absolute Gasteiger partial charge is 0.255 e. The number of halogens is 1. The third-order valence-electron chi connectivity index (χ3n) is 4.20. The highest BCUT2D eigenvalue weighted by Gasteiger charge is 2.13. The molecule has 0 atom stereocenters. The van der Waals surface area contributed by atoms with Gasteiger partial charge in [0, 0.05) is 17.4 Å². The van der Waals surface area contributed by atoms with Crippen LogP contribution in [0.1, 0.15) is 30.1 Å². The third kappa shape index (κ3) is 5.66. The van der Waals surface area contributed by atoms with Crippen LogP contribution in [0.25, 0.3) is 5.69 Å². The third-order valence-corrected chi connectivity index (χ3v) is 4.69. The lowest BCUT2D eigenvalue weighted by Crippen LogP contribution is -2.26. The summed E-state index contributed by atoms with van der Waals surface area (Å²) in [4.78, 5) is 28.7. The van der Waals surface area contributed by atoms with Gasteiger partial charge in [0.1, 0.15) is 18.4 Å². The van der Waals surface area contributed by atoms with E-state index in [9.17, 15) is 9.59 Å². The van der Waals surface area contributed by atoms with Crippen molar-refractivity contribution in [2.75, 3.05) is 18.5 Å². The van der Waals surface area contributed by atoms with Crippen molar-refractivity contribution >= 4 is 33.4 Å². The second kappa shape index (κ2) is 10.5. The Labute approximate surface area is 182 Å². The fourth-order valence-electron chi connectivity index (χ4n) is 2.84. The maximum atomic E-state index is 12.4. The van der Waals surface area contributed by atoms with Crippen LogP contribution in [0.3, 0.4) is 0 Å². The molecule has 9 heteroatoms. The Bertz CT molecular complexity index is 1010. The molecule has 30 heavy (non-hydrogen) atoms. The molecule has 0 fully saturated rings. The summed E-state index contributed by atoms with van der Waals surface area (Å²) in [5.41, 5.74) is 1.81. The molecule has 0 aliphatic rings. The Hall–Kier alpha value is -3.20. The summed E-state index contributed by atoms with van der Waals surface area (Å²) >= 11 is 3.41. The van der Waals surface area contributed by atoms with Gasteiger partial charge in [0.05, 0.1) is 23.5 Å². The number of ether oxygens (including phenoxy) is 1. The van der Waals surface area contributed by atoms with E-state index in [1.54, 1.807) is 35.3 Å². The van der Waals surface area contributed by atoms with Crippen LogP contribution < -0.4 is 15.4 Å². The number of hydrogen-bond donors (Lipinski definition) is 2. The molecule has 0 radical (unpaired) electrons. The first-order valence-electron chi connectivity index (χ1n) is 9.53. The lowest BCUT2D eigenvalue weighted by molar-refractivity contribution is -0.116. The average Bonchev–Trinajstić information content (AvgIpc) is 3.26. The molecule has 1 aromatic heterocycles. The van der Waals surface area contributed by atoms with Gasteiger partial charge in [0.15, 0.2) is 0 Å². The SMILES string of the molecule is CCOc1ccccc1C(=O)NCCCC(=O)Nc1cc(Br)ccc1-n1cncn1. The fraction of sp³-hybridized carbons (Fsp3) is 0.238. The van der Waals surface area contributed by atoms with E-state index in [0.29, 0.717) is 42.3 Å². The van der Waals surface area contributed by atoms with E-state index in [0.717, 1.165) is 4.47 Å². The molecule has 2 N–H and O–H groups in total. The van der Waals surface area contributed by atoms with Gasteiger partial charge in [-0.15, -0.1) is 0 Å². The van der Waals surface area contributed by atoms with Crippen molar-refractivity contribution in [3.8, 4) is 11.4 Å². The molecule has 0 aliphatic carbocycles. The van der Waals surface area contributed by atoms with Gasteiger partial charge >= 0.3 is 0 Å². The molecule has 1 heterocycles. The number of nitrogens with one attached hydrogen (secondary N) is 2. The number of carbonyl (C=O) groups is 2. The number of para-hydroxylation sites is 1. The predicted octanol–water partition coefficient (Wildman–Crippen LogP) is 3.58. The highest BCUT2D eigenvalue weighted by Crippen LogP contribution is 2.24. The minimum absolute atomic E-state index is 0.154. The summed E-state index contributed by atoms with van der Waals surface area (Å²) in [6, 6.07) is 12.6. The largest absolute Gasteiger partial charge is 0.493 e. The van der Waals surface area contributed by atoms with Gasteiger partial charge < -0.3 is 15.4 Å². The van der Waals surface area contributed by atoms with E-state index in [2.05, 4.69) is 36.6 Å². The second-order valence-electron chi connectivity index (χ2n) is 6.34. The zero-order valence-electron chi connectivity index (χ0n) is 16.5. The van der Waals surface area contributed by atoms with Gasteiger partial charge in [0.25, 0.3) is 5.91 Å². The van der Waals surface area contributed by atoms with Gasteiger partial charge in [0.2, 0.25) is 5.91 Å². The fourth-order valence-corrected chi connectivity index (χ4v) is 3.20. The second-order valence-corrected chi connectivity index (χ2v) is 7.25. The average molecular weight is 472 g/mol. The van der Waals surface area contributed by atoms with Crippen LogP contribution in [0.2, 0.25) is 0 Å². The summed E-state index contributed by atoms with van der Waals surface area (Å²) in [5.74, 6) is 0.170. The van der Waals surface area contributed by atoms with E-state index in [4.69, 9.17) is 4.74 Å². The first kappa shape index (κ1) is 21.5. The number of aromatic nitrogens is 3. The summed E-state index contributed by atoms with van der Waals surface area (Å²) in [6.45, 7) is 2.73. The molecular weight excluding hydrogens is 450 g/mol. The number of rotatable bonds is 9. The van der Waals surface area contributed by atoms with Crippen molar-refractivity contribution in [1.29, 1.82) is 0 Å². The van der Waals surface area contributed by atoms with E-state index in [-0.39, 0.29) is 18.2 Å². The normalized spacial score (nSPS) is 10.5. The zero-order chi connectivity index (χ0) is 21.3. The quantitative estimate of drug-likeness (QED) is 0.464. The molecule has 0 saturated heterocycles. The van der Waals surface area contributed by atoms with Gasteiger partial charge in [-0.05, 0) is 43.7 Å².